The maximum absolute atomic E-state index is 13.5. The Morgan fingerprint density at radius 3 is 2.30 bits per heavy atom. The summed E-state index contributed by atoms with van der Waals surface area (Å²) >= 11 is 7.36. The van der Waals surface area contributed by atoms with Crippen LogP contribution in [0.25, 0.3) is 6.08 Å². The molecule has 5 rings (SSSR count). The second-order valence-electron chi connectivity index (χ2n) is 9.83. The number of methoxy groups -OCH3 is 1. The van der Waals surface area contributed by atoms with Gasteiger partial charge in [0.05, 0.1) is 23.1 Å². The summed E-state index contributed by atoms with van der Waals surface area (Å²) in [6, 6.07) is 13.6. The van der Waals surface area contributed by atoms with E-state index in [1.165, 1.54) is 31.0 Å². The van der Waals surface area contributed by atoms with E-state index in [2.05, 4.69) is 9.89 Å². The third-order valence-corrected chi connectivity index (χ3v) is 8.22. The highest BCUT2D eigenvalue weighted by Gasteiger charge is 2.38. The molecule has 0 bridgehead atoms. The van der Waals surface area contributed by atoms with Crippen molar-refractivity contribution < 1.29 is 40.6 Å². The van der Waals surface area contributed by atoms with Crippen molar-refractivity contribution in [3.05, 3.63) is 92.8 Å². The molecule has 1 amide bonds. The number of thioether (sulfide) groups is 1. The number of carbonyl (C=O) groups excluding carboxylic acids is 1. The third-order valence-electron chi connectivity index (χ3n) is 6.94. The number of benzene rings is 3. The first-order chi connectivity index (χ1) is 20.8. The fourth-order valence-electron chi connectivity index (χ4n) is 4.70. The number of alkyl halides is 6. The van der Waals surface area contributed by atoms with Gasteiger partial charge in [-0.25, -0.2) is 0 Å². The van der Waals surface area contributed by atoms with Crippen LogP contribution in [0.3, 0.4) is 0 Å². The number of piperazine rings is 1. The maximum Gasteiger partial charge on any atom is 0.416 e. The molecular formula is C30H24ClF6N3O3S. The van der Waals surface area contributed by atoms with Gasteiger partial charge in [0.2, 0.25) is 0 Å². The van der Waals surface area contributed by atoms with Crippen LogP contribution in [0.5, 0.6) is 11.5 Å². The zero-order chi connectivity index (χ0) is 31.6. The number of anilines is 1. The van der Waals surface area contributed by atoms with Gasteiger partial charge < -0.3 is 19.3 Å². The van der Waals surface area contributed by atoms with E-state index in [4.69, 9.17) is 21.1 Å². The molecule has 2 aliphatic rings. The molecule has 0 aliphatic carbocycles. The quantitative estimate of drug-likeness (QED) is 0.200. The molecule has 0 unspecified atom stereocenters. The van der Waals surface area contributed by atoms with Gasteiger partial charge in [0.15, 0.2) is 16.7 Å². The molecule has 0 spiro atoms. The van der Waals surface area contributed by atoms with Crippen LogP contribution in [-0.4, -0.2) is 49.3 Å². The lowest BCUT2D eigenvalue weighted by atomic mass is 10.0. The zero-order valence-electron chi connectivity index (χ0n) is 23.0. The Labute approximate surface area is 257 Å². The average Bonchev–Trinajstić information content (AvgIpc) is 3.35. The van der Waals surface area contributed by atoms with Crippen molar-refractivity contribution in [3.63, 3.8) is 0 Å². The van der Waals surface area contributed by atoms with E-state index in [9.17, 15) is 31.1 Å². The van der Waals surface area contributed by atoms with E-state index in [0.29, 0.717) is 39.8 Å². The van der Waals surface area contributed by atoms with E-state index in [1.807, 2.05) is 29.2 Å². The fraction of sp³-hybridized carbons (Fsp3) is 0.267. The summed E-state index contributed by atoms with van der Waals surface area (Å²) in [6.45, 7) is 2.12. The fourth-order valence-corrected chi connectivity index (χ4v) is 5.85. The average molecular weight is 656 g/mol. The van der Waals surface area contributed by atoms with Crippen molar-refractivity contribution in [1.82, 2.24) is 4.90 Å². The van der Waals surface area contributed by atoms with Crippen LogP contribution in [0.2, 0.25) is 5.02 Å². The molecule has 3 aromatic carbocycles. The number of ether oxygens (including phenoxy) is 2. The second kappa shape index (κ2) is 12.6. The highest BCUT2D eigenvalue weighted by atomic mass is 35.5. The number of nitrogens with zero attached hydrogens (tertiary/aromatic N) is 3. The largest absolute Gasteiger partial charge is 0.493 e. The first kappa shape index (κ1) is 31.6. The van der Waals surface area contributed by atoms with E-state index in [-0.39, 0.29) is 17.6 Å². The summed E-state index contributed by atoms with van der Waals surface area (Å²) in [5.41, 5.74) is -1.74. The van der Waals surface area contributed by atoms with E-state index in [1.54, 1.807) is 12.1 Å². The third kappa shape index (κ3) is 7.27. The molecule has 0 saturated carbocycles. The molecule has 14 heteroatoms. The minimum atomic E-state index is -5.02. The van der Waals surface area contributed by atoms with Gasteiger partial charge in [0.1, 0.15) is 6.61 Å². The Morgan fingerprint density at radius 1 is 0.909 bits per heavy atom. The monoisotopic (exact) mass is 655 g/mol. The Balaban J connectivity index is 1.24. The van der Waals surface area contributed by atoms with Gasteiger partial charge in [-0.2, -0.15) is 31.3 Å². The summed E-state index contributed by atoms with van der Waals surface area (Å²) in [7, 11) is 1.33. The summed E-state index contributed by atoms with van der Waals surface area (Å²) < 4.78 is 90.4. The maximum atomic E-state index is 13.5. The summed E-state index contributed by atoms with van der Waals surface area (Å²) in [5.74, 6) is -0.167. The standard InChI is InChI=1S/C30H24ClF6N3O3S/c1-42-25-13-18(5-8-24(25)43-17-19-6-7-20(29(32,33)34)15-23(19)30(35,36)37)14-26-27(41)38-28(44-26)40-11-9-39(10-12-40)22-4-2-3-21(31)16-22/h2-8,13-16H,9-12,17H2,1H3/b26-14-. The Kier molecular flexibility index (Phi) is 9.07. The number of carbonyl (C=O) groups is 1. The molecule has 0 N–H and O–H groups in total. The number of hydrogen-bond donors (Lipinski definition) is 0. The number of halogens is 7. The van der Waals surface area contributed by atoms with Gasteiger partial charge in [-0.1, -0.05) is 29.8 Å². The van der Waals surface area contributed by atoms with Crippen LogP contribution in [0.15, 0.2) is 70.6 Å². The predicted octanol–water partition coefficient (Wildman–Crippen LogP) is 7.76. The van der Waals surface area contributed by atoms with Crippen molar-refractivity contribution in [3.8, 4) is 11.5 Å². The Morgan fingerprint density at radius 2 is 1.64 bits per heavy atom. The molecule has 44 heavy (non-hydrogen) atoms. The van der Waals surface area contributed by atoms with Gasteiger partial charge in [-0.15, -0.1) is 0 Å². The van der Waals surface area contributed by atoms with Crippen molar-refractivity contribution in [2.75, 3.05) is 38.2 Å². The predicted molar refractivity (Wildman–Crippen MR) is 157 cm³/mol. The van der Waals surface area contributed by atoms with Crippen molar-refractivity contribution in [2.24, 2.45) is 4.99 Å². The molecule has 0 aromatic heterocycles. The highest BCUT2D eigenvalue weighted by molar-refractivity contribution is 8.18. The topological polar surface area (TPSA) is 54.4 Å². The van der Waals surface area contributed by atoms with Gasteiger partial charge in [-0.05, 0) is 65.9 Å². The molecule has 232 valence electrons. The number of aliphatic imine (C=N–C) groups is 1. The summed E-state index contributed by atoms with van der Waals surface area (Å²) in [4.78, 5) is 21.5. The number of rotatable bonds is 6. The van der Waals surface area contributed by atoms with Crippen LogP contribution in [0.1, 0.15) is 22.3 Å². The molecular weight excluding hydrogens is 632 g/mol. The van der Waals surface area contributed by atoms with Crippen LogP contribution in [0.4, 0.5) is 32.0 Å². The first-order valence-corrected chi connectivity index (χ1v) is 14.4. The summed E-state index contributed by atoms with van der Waals surface area (Å²) in [5, 5.41) is 1.25. The van der Waals surface area contributed by atoms with Crippen molar-refractivity contribution in [1.29, 1.82) is 0 Å². The minimum Gasteiger partial charge on any atom is -0.493 e. The number of hydrogen-bond acceptors (Lipinski definition) is 6. The Bertz CT molecular complexity index is 1620. The molecule has 0 radical (unpaired) electrons. The smallest absolute Gasteiger partial charge is 0.416 e. The SMILES string of the molecule is COc1cc(/C=C2\SC(N3CCN(c4cccc(Cl)c4)CC3)=NC2=O)ccc1OCc1ccc(C(F)(F)F)cc1C(F)(F)F. The summed E-state index contributed by atoms with van der Waals surface area (Å²) in [6.07, 6.45) is -8.32. The van der Waals surface area contributed by atoms with Crippen LogP contribution >= 0.6 is 23.4 Å². The number of amides is 1. The van der Waals surface area contributed by atoms with E-state index >= 15 is 0 Å². The van der Waals surface area contributed by atoms with Crippen LogP contribution in [0, 0.1) is 0 Å². The van der Waals surface area contributed by atoms with Gasteiger partial charge in [-0.3, -0.25) is 4.79 Å². The van der Waals surface area contributed by atoms with Gasteiger partial charge in [0.25, 0.3) is 5.91 Å². The van der Waals surface area contributed by atoms with E-state index < -0.39 is 41.6 Å². The minimum absolute atomic E-state index is 0.0665. The van der Waals surface area contributed by atoms with Crippen LogP contribution in [-0.2, 0) is 23.8 Å². The normalized spacial score (nSPS) is 16.9. The Hall–Kier alpha value is -3.84. The molecule has 2 heterocycles. The lowest BCUT2D eigenvalue weighted by molar-refractivity contribution is -0.143. The van der Waals surface area contributed by atoms with Crippen molar-refractivity contribution in [2.45, 2.75) is 19.0 Å². The number of amidine groups is 1. The zero-order valence-corrected chi connectivity index (χ0v) is 24.6. The molecule has 1 fully saturated rings. The van der Waals surface area contributed by atoms with Gasteiger partial charge in [0, 0.05) is 42.5 Å². The molecule has 3 aromatic rings. The highest BCUT2D eigenvalue weighted by Crippen LogP contribution is 2.39. The molecule has 0 atom stereocenters. The lowest BCUT2D eigenvalue weighted by Gasteiger charge is -2.36. The van der Waals surface area contributed by atoms with Gasteiger partial charge >= 0.3 is 12.4 Å². The second-order valence-corrected chi connectivity index (χ2v) is 11.3. The van der Waals surface area contributed by atoms with Crippen LogP contribution < -0.4 is 14.4 Å². The van der Waals surface area contributed by atoms with Crippen molar-refractivity contribution >= 4 is 46.2 Å². The van der Waals surface area contributed by atoms with E-state index in [0.717, 1.165) is 24.8 Å². The molecule has 2 aliphatic heterocycles. The lowest BCUT2D eigenvalue weighted by Crippen LogP contribution is -2.47. The first-order valence-electron chi connectivity index (χ1n) is 13.2. The molecule has 1 saturated heterocycles. The molecule has 6 nitrogen and oxygen atoms in total.